The van der Waals surface area contributed by atoms with Crippen LogP contribution >= 0.6 is 0 Å². The molecule has 1 N–H and O–H groups in total. The number of aromatic nitrogens is 3. The van der Waals surface area contributed by atoms with Gasteiger partial charge in [0.25, 0.3) is 0 Å². The summed E-state index contributed by atoms with van der Waals surface area (Å²) >= 11 is 0. The van der Waals surface area contributed by atoms with Crippen LogP contribution in [0, 0.1) is 5.82 Å². The number of H-pyrrole nitrogens is 1. The Morgan fingerprint density at radius 3 is 2.95 bits per heavy atom. The minimum atomic E-state index is -0.523. The Labute approximate surface area is 107 Å². The number of pyridine rings is 1. The van der Waals surface area contributed by atoms with E-state index in [1.165, 1.54) is 23.8 Å². The van der Waals surface area contributed by atoms with Gasteiger partial charge in [0, 0.05) is 12.3 Å². The van der Waals surface area contributed by atoms with Crippen molar-refractivity contribution in [2.24, 2.45) is 0 Å². The predicted molar refractivity (Wildman–Crippen MR) is 68.2 cm³/mol. The number of hydrogen-bond donors (Lipinski definition) is 1. The second-order valence-electron chi connectivity index (χ2n) is 3.96. The Kier molecular flexibility index (Phi) is 2.56. The molecule has 6 heteroatoms. The Hall–Kier alpha value is -2.63. The van der Waals surface area contributed by atoms with E-state index in [0.717, 1.165) is 0 Å². The van der Waals surface area contributed by atoms with Gasteiger partial charge in [-0.3, -0.25) is 9.55 Å². The van der Waals surface area contributed by atoms with E-state index in [4.69, 9.17) is 4.74 Å². The summed E-state index contributed by atoms with van der Waals surface area (Å²) in [4.78, 5) is 18.6. The zero-order chi connectivity index (χ0) is 13.4. The molecule has 0 saturated carbocycles. The van der Waals surface area contributed by atoms with E-state index >= 15 is 0 Å². The van der Waals surface area contributed by atoms with Crippen LogP contribution in [0.4, 0.5) is 4.39 Å². The molecule has 0 atom stereocenters. The fourth-order valence-electron chi connectivity index (χ4n) is 1.99. The topological polar surface area (TPSA) is 59.9 Å². The van der Waals surface area contributed by atoms with Crippen LogP contribution in [0.5, 0.6) is 5.75 Å². The molecule has 19 heavy (non-hydrogen) atoms. The van der Waals surface area contributed by atoms with Crippen molar-refractivity contribution in [3.8, 4) is 11.4 Å². The Morgan fingerprint density at radius 2 is 2.21 bits per heavy atom. The van der Waals surface area contributed by atoms with Crippen LogP contribution in [0.2, 0.25) is 0 Å². The van der Waals surface area contributed by atoms with Crippen molar-refractivity contribution in [2.45, 2.75) is 0 Å². The first-order valence-corrected chi connectivity index (χ1v) is 5.60. The van der Waals surface area contributed by atoms with E-state index in [1.807, 2.05) is 0 Å². The molecule has 0 spiro atoms. The summed E-state index contributed by atoms with van der Waals surface area (Å²) in [5, 5.41) is 0. The number of benzene rings is 1. The molecule has 3 rings (SSSR count). The molecular formula is C13H10FN3O2. The summed E-state index contributed by atoms with van der Waals surface area (Å²) < 4.78 is 19.9. The van der Waals surface area contributed by atoms with Gasteiger partial charge in [-0.1, -0.05) is 0 Å². The molecule has 2 heterocycles. The van der Waals surface area contributed by atoms with Crippen molar-refractivity contribution >= 4 is 11.2 Å². The molecule has 3 aromatic rings. The van der Waals surface area contributed by atoms with Crippen LogP contribution in [0.3, 0.4) is 0 Å². The van der Waals surface area contributed by atoms with Gasteiger partial charge in [0.1, 0.15) is 0 Å². The van der Waals surface area contributed by atoms with E-state index < -0.39 is 5.82 Å². The van der Waals surface area contributed by atoms with E-state index in [2.05, 4.69) is 9.97 Å². The van der Waals surface area contributed by atoms with Gasteiger partial charge >= 0.3 is 5.69 Å². The number of aromatic amines is 1. The van der Waals surface area contributed by atoms with Gasteiger partial charge in [0.15, 0.2) is 17.2 Å². The number of imidazole rings is 1. The summed E-state index contributed by atoms with van der Waals surface area (Å²) in [7, 11) is 1.39. The maximum absolute atomic E-state index is 13.7. The van der Waals surface area contributed by atoms with Gasteiger partial charge in [0.2, 0.25) is 0 Å². The van der Waals surface area contributed by atoms with Crippen LogP contribution in [0.25, 0.3) is 16.9 Å². The van der Waals surface area contributed by atoms with Gasteiger partial charge in [-0.15, -0.1) is 0 Å². The molecule has 2 aromatic heterocycles. The quantitative estimate of drug-likeness (QED) is 0.764. The summed E-state index contributed by atoms with van der Waals surface area (Å²) in [6.07, 6.45) is 1.58. The van der Waals surface area contributed by atoms with Crippen LogP contribution in [0.15, 0.2) is 41.3 Å². The van der Waals surface area contributed by atoms with Gasteiger partial charge in [-0.2, -0.15) is 0 Å². The van der Waals surface area contributed by atoms with Crippen molar-refractivity contribution in [1.82, 2.24) is 14.5 Å². The molecule has 0 saturated heterocycles. The molecule has 0 unspecified atom stereocenters. The third-order valence-corrected chi connectivity index (χ3v) is 2.85. The maximum atomic E-state index is 13.7. The highest BCUT2D eigenvalue weighted by Crippen LogP contribution is 2.21. The molecule has 0 fully saturated rings. The number of rotatable bonds is 2. The summed E-state index contributed by atoms with van der Waals surface area (Å²) in [6.45, 7) is 0. The Morgan fingerprint density at radius 1 is 1.37 bits per heavy atom. The van der Waals surface area contributed by atoms with Crippen molar-refractivity contribution in [2.75, 3.05) is 7.11 Å². The second-order valence-corrected chi connectivity index (χ2v) is 3.96. The first-order valence-electron chi connectivity index (χ1n) is 5.60. The minimum Gasteiger partial charge on any atom is -0.494 e. The standard InChI is InChI=1S/C13H10FN3O2/c1-19-11-5-4-8(7-9(11)14)17-10-3-2-6-15-12(10)16-13(17)18/h2-7H,1H3,(H,15,16,18). The fourth-order valence-corrected chi connectivity index (χ4v) is 1.99. The summed E-state index contributed by atoms with van der Waals surface area (Å²) in [5.74, 6) is -0.389. The lowest BCUT2D eigenvalue weighted by molar-refractivity contribution is 0.386. The Balaban J connectivity index is 2.27. The maximum Gasteiger partial charge on any atom is 0.332 e. The zero-order valence-electron chi connectivity index (χ0n) is 10.1. The highest BCUT2D eigenvalue weighted by atomic mass is 19.1. The van der Waals surface area contributed by atoms with E-state index in [-0.39, 0.29) is 11.4 Å². The lowest BCUT2D eigenvalue weighted by Crippen LogP contribution is -2.14. The monoisotopic (exact) mass is 259 g/mol. The molecule has 0 aliphatic rings. The molecule has 0 aliphatic heterocycles. The molecule has 96 valence electrons. The van der Waals surface area contributed by atoms with Gasteiger partial charge in [-0.05, 0) is 24.3 Å². The van der Waals surface area contributed by atoms with E-state index in [1.54, 1.807) is 24.4 Å². The van der Waals surface area contributed by atoms with Crippen LogP contribution < -0.4 is 10.4 Å². The average Bonchev–Trinajstić information content (AvgIpc) is 2.74. The predicted octanol–water partition coefficient (Wildman–Crippen LogP) is 1.86. The number of nitrogens with one attached hydrogen (secondary N) is 1. The van der Waals surface area contributed by atoms with Gasteiger partial charge in [0.05, 0.1) is 18.3 Å². The molecule has 0 bridgehead atoms. The van der Waals surface area contributed by atoms with Crippen LogP contribution in [-0.2, 0) is 0 Å². The third-order valence-electron chi connectivity index (χ3n) is 2.85. The lowest BCUT2D eigenvalue weighted by atomic mass is 10.3. The van der Waals surface area contributed by atoms with Crippen LogP contribution in [0.1, 0.15) is 0 Å². The molecule has 5 nitrogen and oxygen atoms in total. The normalized spacial score (nSPS) is 10.8. The summed E-state index contributed by atoms with van der Waals surface area (Å²) in [6, 6.07) is 7.80. The number of nitrogens with zero attached hydrogens (tertiary/aromatic N) is 2. The van der Waals surface area contributed by atoms with E-state index in [0.29, 0.717) is 16.9 Å². The molecule has 0 amide bonds. The van der Waals surface area contributed by atoms with Gasteiger partial charge in [-0.25, -0.2) is 14.2 Å². The van der Waals surface area contributed by atoms with Crippen molar-refractivity contribution < 1.29 is 9.13 Å². The first kappa shape index (κ1) is 11.5. The van der Waals surface area contributed by atoms with Crippen molar-refractivity contribution in [3.63, 3.8) is 0 Å². The Bertz CT molecular complexity index is 807. The summed E-state index contributed by atoms with van der Waals surface area (Å²) in [5.41, 5.74) is 1.11. The molecule has 1 aromatic carbocycles. The third kappa shape index (κ3) is 1.77. The highest BCUT2D eigenvalue weighted by Gasteiger charge is 2.11. The number of halogens is 1. The minimum absolute atomic E-state index is 0.134. The SMILES string of the molecule is COc1ccc(-n2c(=O)[nH]c3ncccc32)cc1F. The fraction of sp³-hybridized carbons (Fsp3) is 0.0769. The van der Waals surface area contributed by atoms with Crippen LogP contribution in [-0.4, -0.2) is 21.6 Å². The number of fused-ring (bicyclic) bond motifs is 1. The lowest BCUT2D eigenvalue weighted by Gasteiger charge is -2.06. The van der Waals surface area contributed by atoms with E-state index in [9.17, 15) is 9.18 Å². The second kappa shape index (κ2) is 4.24. The molecular weight excluding hydrogens is 249 g/mol. The number of ether oxygens (including phenoxy) is 1. The van der Waals surface area contributed by atoms with Gasteiger partial charge < -0.3 is 4.74 Å². The largest absolute Gasteiger partial charge is 0.494 e. The molecule has 0 aliphatic carbocycles. The number of methoxy groups -OCH3 is 1. The first-order chi connectivity index (χ1) is 9.20. The highest BCUT2D eigenvalue weighted by molar-refractivity contribution is 5.72. The zero-order valence-corrected chi connectivity index (χ0v) is 10.1. The smallest absolute Gasteiger partial charge is 0.332 e. The van der Waals surface area contributed by atoms with Crippen molar-refractivity contribution in [3.05, 3.63) is 52.8 Å². The average molecular weight is 259 g/mol. The van der Waals surface area contributed by atoms with Crippen molar-refractivity contribution in [1.29, 1.82) is 0 Å². The molecule has 0 radical (unpaired) electrons. The number of hydrogen-bond acceptors (Lipinski definition) is 3.